The van der Waals surface area contributed by atoms with Crippen LogP contribution in [0.5, 0.6) is 0 Å². The standard InChI is InChI=1S/C15H24N2O/c1-4-7-12-8-10-13(11-9-12)17-14(18)15(16,5-2)6-3/h8-11H,4-7,16H2,1-3H3,(H,17,18). The Morgan fingerprint density at radius 1 is 1.17 bits per heavy atom. The average molecular weight is 248 g/mol. The molecule has 0 bridgehead atoms. The third kappa shape index (κ3) is 3.57. The second kappa shape index (κ2) is 6.55. The number of aryl methyl sites for hydroxylation is 1. The molecule has 0 aromatic heterocycles. The Balaban J connectivity index is 2.70. The van der Waals surface area contributed by atoms with Crippen molar-refractivity contribution in [3.05, 3.63) is 29.8 Å². The lowest BCUT2D eigenvalue weighted by molar-refractivity contribution is -0.121. The topological polar surface area (TPSA) is 55.1 Å². The van der Waals surface area contributed by atoms with E-state index < -0.39 is 5.54 Å². The van der Waals surface area contributed by atoms with Gasteiger partial charge in [0.05, 0.1) is 5.54 Å². The first-order valence-corrected chi connectivity index (χ1v) is 6.75. The molecule has 3 N–H and O–H groups in total. The van der Waals surface area contributed by atoms with Gasteiger partial charge in [-0.25, -0.2) is 0 Å². The second-order valence-electron chi connectivity index (χ2n) is 4.76. The summed E-state index contributed by atoms with van der Waals surface area (Å²) < 4.78 is 0. The molecule has 1 aromatic rings. The van der Waals surface area contributed by atoms with E-state index in [0.717, 1.165) is 18.5 Å². The van der Waals surface area contributed by atoms with Crippen LogP contribution in [0.3, 0.4) is 0 Å². The van der Waals surface area contributed by atoms with Gasteiger partial charge in [0.25, 0.3) is 0 Å². The van der Waals surface area contributed by atoms with E-state index in [2.05, 4.69) is 24.4 Å². The van der Waals surface area contributed by atoms with Gasteiger partial charge in [-0.15, -0.1) is 0 Å². The molecule has 0 atom stereocenters. The van der Waals surface area contributed by atoms with Crippen molar-refractivity contribution in [2.45, 2.75) is 52.0 Å². The van der Waals surface area contributed by atoms with E-state index in [1.807, 2.05) is 26.0 Å². The van der Waals surface area contributed by atoms with E-state index in [9.17, 15) is 4.79 Å². The molecule has 3 heteroatoms. The molecule has 0 radical (unpaired) electrons. The van der Waals surface area contributed by atoms with Gasteiger partial charge in [0, 0.05) is 5.69 Å². The normalized spacial score (nSPS) is 11.3. The van der Waals surface area contributed by atoms with Gasteiger partial charge in [-0.2, -0.15) is 0 Å². The van der Waals surface area contributed by atoms with E-state index in [4.69, 9.17) is 5.73 Å². The summed E-state index contributed by atoms with van der Waals surface area (Å²) in [7, 11) is 0. The van der Waals surface area contributed by atoms with Crippen molar-refractivity contribution in [2.75, 3.05) is 5.32 Å². The van der Waals surface area contributed by atoms with Crippen LogP contribution in [0.1, 0.15) is 45.6 Å². The number of nitrogens with two attached hydrogens (primary N) is 1. The van der Waals surface area contributed by atoms with E-state index >= 15 is 0 Å². The Hall–Kier alpha value is -1.35. The molecule has 1 aromatic carbocycles. The second-order valence-corrected chi connectivity index (χ2v) is 4.76. The van der Waals surface area contributed by atoms with E-state index in [1.165, 1.54) is 5.56 Å². The van der Waals surface area contributed by atoms with Crippen molar-refractivity contribution in [2.24, 2.45) is 5.73 Å². The van der Waals surface area contributed by atoms with Crippen molar-refractivity contribution >= 4 is 11.6 Å². The fourth-order valence-corrected chi connectivity index (χ4v) is 1.87. The van der Waals surface area contributed by atoms with Crippen LogP contribution in [0.2, 0.25) is 0 Å². The summed E-state index contributed by atoms with van der Waals surface area (Å²) in [6, 6.07) is 7.98. The van der Waals surface area contributed by atoms with Crippen molar-refractivity contribution in [1.82, 2.24) is 0 Å². The van der Waals surface area contributed by atoms with Crippen molar-refractivity contribution in [3.8, 4) is 0 Å². The number of carbonyl (C=O) groups excluding carboxylic acids is 1. The van der Waals surface area contributed by atoms with Crippen LogP contribution < -0.4 is 11.1 Å². The Kier molecular flexibility index (Phi) is 5.35. The smallest absolute Gasteiger partial charge is 0.244 e. The highest BCUT2D eigenvalue weighted by Gasteiger charge is 2.29. The number of benzene rings is 1. The number of anilines is 1. The van der Waals surface area contributed by atoms with Crippen LogP contribution in [0, 0.1) is 0 Å². The highest BCUT2D eigenvalue weighted by molar-refractivity contribution is 5.97. The molecule has 0 aliphatic rings. The summed E-state index contributed by atoms with van der Waals surface area (Å²) in [6.45, 7) is 6.03. The van der Waals surface area contributed by atoms with Crippen LogP contribution in [-0.4, -0.2) is 11.4 Å². The van der Waals surface area contributed by atoms with E-state index in [1.54, 1.807) is 0 Å². The number of nitrogens with one attached hydrogen (secondary N) is 1. The zero-order valence-corrected chi connectivity index (χ0v) is 11.6. The van der Waals surface area contributed by atoms with E-state index in [0.29, 0.717) is 12.8 Å². The molecule has 0 heterocycles. The molecule has 0 spiro atoms. The van der Waals surface area contributed by atoms with Crippen molar-refractivity contribution < 1.29 is 4.79 Å². The zero-order chi connectivity index (χ0) is 13.6. The molecule has 0 saturated carbocycles. The lowest BCUT2D eigenvalue weighted by Gasteiger charge is -2.25. The predicted molar refractivity (Wildman–Crippen MR) is 76.6 cm³/mol. The minimum atomic E-state index is -0.762. The first-order valence-electron chi connectivity index (χ1n) is 6.75. The largest absolute Gasteiger partial charge is 0.324 e. The Morgan fingerprint density at radius 2 is 1.72 bits per heavy atom. The van der Waals surface area contributed by atoms with Gasteiger partial charge in [-0.3, -0.25) is 4.79 Å². The molecule has 0 aliphatic heterocycles. The number of carbonyl (C=O) groups is 1. The fraction of sp³-hybridized carbons (Fsp3) is 0.533. The molecule has 100 valence electrons. The molecule has 0 saturated heterocycles. The number of hydrogen-bond donors (Lipinski definition) is 2. The monoisotopic (exact) mass is 248 g/mol. The van der Waals surface area contributed by atoms with Gasteiger partial charge in [-0.1, -0.05) is 39.3 Å². The third-order valence-corrected chi connectivity index (χ3v) is 3.46. The Labute approximate surface area is 110 Å². The molecular weight excluding hydrogens is 224 g/mol. The average Bonchev–Trinajstić information content (AvgIpc) is 2.40. The highest BCUT2D eigenvalue weighted by atomic mass is 16.2. The van der Waals surface area contributed by atoms with Gasteiger partial charge in [0.15, 0.2) is 0 Å². The quantitative estimate of drug-likeness (QED) is 0.812. The summed E-state index contributed by atoms with van der Waals surface area (Å²) >= 11 is 0. The van der Waals surface area contributed by atoms with Crippen LogP contribution in [0.15, 0.2) is 24.3 Å². The van der Waals surface area contributed by atoms with Crippen LogP contribution in [0.4, 0.5) is 5.69 Å². The number of rotatable bonds is 6. The summed E-state index contributed by atoms with van der Waals surface area (Å²) in [5.41, 5.74) is 7.40. The maximum Gasteiger partial charge on any atom is 0.244 e. The van der Waals surface area contributed by atoms with Gasteiger partial charge < -0.3 is 11.1 Å². The third-order valence-electron chi connectivity index (χ3n) is 3.46. The van der Waals surface area contributed by atoms with Crippen molar-refractivity contribution in [3.63, 3.8) is 0 Å². The maximum absolute atomic E-state index is 12.1. The summed E-state index contributed by atoms with van der Waals surface area (Å²) in [4.78, 5) is 12.1. The van der Waals surface area contributed by atoms with Gasteiger partial charge >= 0.3 is 0 Å². The minimum Gasteiger partial charge on any atom is -0.324 e. The maximum atomic E-state index is 12.1. The lowest BCUT2D eigenvalue weighted by atomic mass is 9.93. The fourth-order valence-electron chi connectivity index (χ4n) is 1.87. The van der Waals surface area contributed by atoms with Crippen molar-refractivity contribution in [1.29, 1.82) is 0 Å². The highest BCUT2D eigenvalue weighted by Crippen LogP contribution is 2.16. The Bertz CT molecular complexity index is 380. The summed E-state index contributed by atoms with van der Waals surface area (Å²) in [6.07, 6.45) is 3.48. The van der Waals surface area contributed by atoms with Gasteiger partial charge in [0.2, 0.25) is 5.91 Å². The molecule has 1 rings (SSSR count). The molecule has 18 heavy (non-hydrogen) atoms. The summed E-state index contributed by atoms with van der Waals surface area (Å²) in [5.74, 6) is -0.101. The Morgan fingerprint density at radius 3 is 2.17 bits per heavy atom. The SMILES string of the molecule is CCCc1ccc(NC(=O)C(N)(CC)CC)cc1. The molecule has 0 fully saturated rings. The first kappa shape index (κ1) is 14.7. The minimum absolute atomic E-state index is 0.101. The molecule has 3 nitrogen and oxygen atoms in total. The number of amides is 1. The van der Waals surface area contributed by atoms with Crippen LogP contribution >= 0.6 is 0 Å². The molecule has 0 unspecified atom stereocenters. The van der Waals surface area contributed by atoms with Crippen LogP contribution in [-0.2, 0) is 11.2 Å². The number of hydrogen-bond acceptors (Lipinski definition) is 2. The molecular formula is C15H24N2O. The van der Waals surface area contributed by atoms with Gasteiger partial charge in [-0.05, 0) is 37.0 Å². The van der Waals surface area contributed by atoms with Gasteiger partial charge in [0.1, 0.15) is 0 Å². The zero-order valence-electron chi connectivity index (χ0n) is 11.6. The predicted octanol–water partition coefficient (Wildman–Crippen LogP) is 3.10. The first-order chi connectivity index (χ1) is 8.55. The molecule has 1 amide bonds. The summed E-state index contributed by atoms with van der Waals surface area (Å²) in [5, 5.41) is 2.89. The van der Waals surface area contributed by atoms with E-state index in [-0.39, 0.29) is 5.91 Å². The lowest BCUT2D eigenvalue weighted by Crippen LogP contribution is -2.50. The van der Waals surface area contributed by atoms with Crippen LogP contribution in [0.25, 0.3) is 0 Å². The molecule has 0 aliphatic carbocycles.